The summed E-state index contributed by atoms with van der Waals surface area (Å²) in [5, 5.41) is 9.13. The SMILES string of the molecule is CC1(C2CCCC2)OCCC1C(=O)O. The fourth-order valence-electron chi connectivity index (χ4n) is 3.05. The van der Waals surface area contributed by atoms with E-state index in [1.807, 2.05) is 6.92 Å². The summed E-state index contributed by atoms with van der Waals surface area (Å²) >= 11 is 0. The van der Waals surface area contributed by atoms with E-state index >= 15 is 0 Å². The fourth-order valence-corrected chi connectivity index (χ4v) is 3.05. The predicted octanol–water partition coefficient (Wildman–Crippen LogP) is 2.06. The van der Waals surface area contributed by atoms with Gasteiger partial charge in [0.2, 0.25) is 0 Å². The van der Waals surface area contributed by atoms with Gasteiger partial charge in [0.15, 0.2) is 0 Å². The van der Waals surface area contributed by atoms with Crippen molar-refractivity contribution in [3.63, 3.8) is 0 Å². The summed E-state index contributed by atoms with van der Waals surface area (Å²) < 4.78 is 5.72. The van der Waals surface area contributed by atoms with Crippen LogP contribution >= 0.6 is 0 Å². The second kappa shape index (κ2) is 3.54. The lowest BCUT2D eigenvalue weighted by Gasteiger charge is -2.34. The summed E-state index contributed by atoms with van der Waals surface area (Å²) in [5.41, 5.74) is -0.387. The molecular weight excluding hydrogens is 180 g/mol. The molecular formula is C11H18O3. The van der Waals surface area contributed by atoms with Crippen molar-refractivity contribution >= 4 is 5.97 Å². The van der Waals surface area contributed by atoms with Crippen LogP contribution in [0.4, 0.5) is 0 Å². The van der Waals surface area contributed by atoms with Crippen LogP contribution in [-0.4, -0.2) is 23.3 Å². The minimum absolute atomic E-state index is 0.286. The molecule has 0 radical (unpaired) electrons. The smallest absolute Gasteiger partial charge is 0.309 e. The Bertz CT molecular complexity index is 233. The van der Waals surface area contributed by atoms with Crippen LogP contribution in [0.25, 0.3) is 0 Å². The lowest BCUT2D eigenvalue weighted by Crippen LogP contribution is -2.42. The van der Waals surface area contributed by atoms with Crippen molar-refractivity contribution in [3.8, 4) is 0 Å². The number of aliphatic carboxylic acids is 1. The van der Waals surface area contributed by atoms with Crippen LogP contribution in [0.2, 0.25) is 0 Å². The Morgan fingerprint density at radius 3 is 2.57 bits per heavy atom. The maximum atomic E-state index is 11.1. The molecule has 0 bridgehead atoms. The van der Waals surface area contributed by atoms with Crippen molar-refractivity contribution in [1.82, 2.24) is 0 Å². The maximum Gasteiger partial charge on any atom is 0.309 e. The van der Waals surface area contributed by atoms with E-state index in [0.29, 0.717) is 18.9 Å². The van der Waals surface area contributed by atoms with E-state index in [1.165, 1.54) is 12.8 Å². The van der Waals surface area contributed by atoms with Crippen LogP contribution in [0.15, 0.2) is 0 Å². The lowest BCUT2D eigenvalue weighted by molar-refractivity contribution is -0.150. The third-order valence-electron chi connectivity index (χ3n) is 3.98. The number of hydrogen-bond donors (Lipinski definition) is 1. The second-order valence-corrected chi connectivity index (χ2v) is 4.69. The monoisotopic (exact) mass is 198 g/mol. The van der Waals surface area contributed by atoms with Crippen molar-refractivity contribution in [2.45, 2.75) is 44.6 Å². The lowest BCUT2D eigenvalue weighted by atomic mass is 9.77. The molecule has 80 valence electrons. The first-order chi connectivity index (χ1) is 6.64. The topological polar surface area (TPSA) is 46.5 Å². The van der Waals surface area contributed by atoms with E-state index in [4.69, 9.17) is 9.84 Å². The highest BCUT2D eigenvalue weighted by Crippen LogP contribution is 2.45. The summed E-state index contributed by atoms with van der Waals surface area (Å²) in [7, 11) is 0. The van der Waals surface area contributed by atoms with Gasteiger partial charge in [-0.1, -0.05) is 12.8 Å². The molecule has 1 aliphatic heterocycles. The summed E-state index contributed by atoms with van der Waals surface area (Å²) in [6, 6.07) is 0. The molecule has 0 aromatic carbocycles. The molecule has 1 N–H and O–H groups in total. The first-order valence-electron chi connectivity index (χ1n) is 5.51. The highest BCUT2D eigenvalue weighted by molar-refractivity contribution is 5.72. The van der Waals surface area contributed by atoms with Crippen LogP contribution in [0.5, 0.6) is 0 Å². The third-order valence-corrected chi connectivity index (χ3v) is 3.98. The van der Waals surface area contributed by atoms with Gasteiger partial charge < -0.3 is 9.84 Å². The zero-order valence-corrected chi connectivity index (χ0v) is 8.66. The summed E-state index contributed by atoms with van der Waals surface area (Å²) in [6.45, 7) is 2.61. The standard InChI is InChI=1S/C11H18O3/c1-11(8-4-2-3-5-8)9(10(12)13)6-7-14-11/h8-9H,2-7H2,1H3,(H,12,13). The van der Waals surface area contributed by atoms with Crippen molar-refractivity contribution in [2.75, 3.05) is 6.61 Å². The molecule has 14 heavy (non-hydrogen) atoms. The highest BCUT2D eigenvalue weighted by Gasteiger charge is 2.50. The van der Waals surface area contributed by atoms with Gasteiger partial charge in [-0.25, -0.2) is 0 Å². The van der Waals surface area contributed by atoms with Gasteiger partial charge in [0.25, 0.3) is 0 Å². The molecule has 3 heteroatoms. The van der Waals surface area contributed by atoms with Gasteiger partial charge >= 0.3 is 5.97 Å². The third kappa shape index (κ3) is 1.44. The summed E-state index contributed by atoms with van der Waals surface area (Å²) in [4.78, 5) is 11.1. The summed E-state index contributed by atoms with van der Waals surface area (Å²) in [5.74, 6) is -0.506. The van der Waals surface area contributed by atoms with Gasteiger partial charge in [-0.05, 0) is 32.1 Å². The van der Waals surface area contributed by atoms with Crippen molar-refractivity contribution < 1.29 is 14.6 Å². The zero-order chi connectivity index (χ0) is 10.2. The molecule has 2 fully saturated rings. The van der Waals surface area contributed by atoms with Gasteiger partial charge in [-0.2, -0.15) is 0 Å². The number of rotatable bonds is 2. The number of hydrogen-bond acceptors (Lipinski definition) is 2. The molecule has 2 atom stereocenters. The molecule has 1 saturated carbocycles. The van der Waals surface area contributed by atoms with Crippen LogP contribution in [0, 0.1) is 11.8 Å². The van der Waals surface area contributed by atoms with E-state index in [9.17, 15) is 4.79 Å². The first-order valence-corrected chi connectivity index (χ1v) is 5.51. The average Bonchev–Trinajstić information content (AvgIpc) is 2.71. The Hall–Kier alpha value is -0.570. The Kier molecular flexibility index (Phi) is 2.52. The molecule has 2 aliphatic rings. The normalized spacial score (nSPS) is 39.1. The molecule has 0 amide bonds. The second-order valence-electron chi connectivity index (χ2n) is 4.69. The zero-order valence-electron chi connectivity index (χ0n) is 8.66. The summed E-state index contributed by atoms with van der Waals surface area (Å²) in [6.07, 6.45) is 5.43. The molecule has 0 aromatic rings. The minimum Gasteiger partial charge on any atom is -0.481 e. The van der Waals surface area contributed by atoms with E-state index < -0.39 is 5.97 Å². The quantitative estimate of drug-likeness (QED) is 0.738. The predicted molar refractivity (Wildman–Crippen MR) is 52.1 cm³/mol. The van der Waals surface area contributed by atoms with Crippen LogP contribution < -0.4 is 0 Å². The average molecular weight is 198 g/mol. The van der Waals surface area contributed by atoms with Gasteiger partial charge in [-0.15, -0.1) is 0 Å². The Labute approximate surface area is 84.4 Å². The molecule has 3 nitrogen and oxygen atoms in total. The number of carboxylic acids is 1. The van der Waals surface area contributed by atoms with Crippen LogP contribution in [0.3, 0.4) is 0 Å². The molecule has 0 aromatic heterocycles. The molecule has 1 aliphatic carbocycles. The van der Waals surface area contributed by atoms with Gasteiger partial charge in [0.05, 0.1) is 11.5 Å². The Morgan fingerprint density at radius 1 is 1.36 bits per heavy atom. The van der Waals surface area contributed by atoms with Gasteiger partial charge in [0.1, 0.15) is 0 Å². The van der Waals surface area contributed by atoms with Crippen molar-refractivity contribution in [1.29, 1.82) is 0 Å². The first kappa shape index (κ1) is 9.97. The maximum absolute atomic E-state index is 11.1. The Balaban J connectivity index is 2.15. The van der Waals surface area contributed by atoms with Crippen LogP contribution in [0.1, 0.15) is 39.0 Å². The fraction of sp³-hybridized carbons (Fsp3) is 0.909. The molecule has 0 spiro atoms. The largest absolute Gasteiger partial charge is 0.481 e. The van der Waals surface area contributed by atoms with E-state index in [0.717, 1.165) is 12.8 Å². The Morgan fingerprint density at radius 2 is 2.00 bits per heavy atom. The van der Waals surface area contributed by atoms with E-state index in [-0.39, 0.29) is 11.5 Å². The van der Waals surface area contributed by atoms with Crippen molar-refractivity contribution in [2.24, 2.45) is 11.8 Å². The molecule has 2 rings (SSSR count). The van der Waals surface area contributed by atoms with E-state index in [1.54, 1.807) is 0 Å². The van der Waals surface area contributed by atoms with Gasteiger partial charge in [-0.3, -0.25) is 4.79 Å². The highest BCUT2D eigenvalue weighted by atomic mass is 16.5. The van der Waals surface area contributed by atoms with Crippen LogP contribution in [-0.2, 0) is 9.53 Å². The molecule has 1 heterocycles. The number of ether oxygens (including phenoxy) is 1. The van der Waals surface area contributed by atoms with Gasteiger partial charge in [0, 0.05) is 6.61 Å². The number of carbonyl (C=O) groups is 1. The van der Waals surface area contributed by atoms with Crippen molar-refractivity contribution in [3.05, 3.63) is 0 Å². The number of carboxylic acid groups (broad SMARTS) is 1. The minimum atomic E-state index is -0.683. The molecule has 1 saturated heterocycles. The molecule has 2 unspecified atom stereocenters. The van der Waals surface area contributed by atoms with E-state index in [2.05, 4.69) is 0 Å².